The molecule has 38 heavy (non-hydrogen) atoms. The van der Waals surface area contributed by atoms with E-state index >= 15 is 0 Å². The third-order valence-electron chi connectivity index (χ3n) is 5.17. The second-order valence-corrected chi connectivity index (χ2v) is 10.3. The third-order valence-corrected chi connectivity index (χ3v) is 6.98. The van der Waals surface area contributed by atoms with Crippen LogP contribution in [0.2, 0.25) is 10.2 Å². The number of alkyl halides is 3. The molecular weight excluding hydrogens is 570 g/mol. The van der Waals surface area contributed by atoms with Crippen LogP contribution in [0.5, 0.6) is 5.75 Å². The summed E-state index contributed by atoms with van der Waals surface area (Å²) in [4.78, 5) is 18.5. The maximum atomic E-state index is 12.2. The van der Waals surface area contributed by atoms with Crippen molar-refractivity contribution in [3.63, 3.8) is 0 Å². The average Bonchev–Trinajstić information content (AvgIpc) is 3.40. The van der Waals surface area contributed by atoms with Gasteiger partial charge in [0, 0.05) is 12.4 Å². The van der Waals surface area contributed by atoms with Crippen molar-refractivity contribution in [1.29, 1.82) is 0 Å². The van der Waals surface area contributed by atoms with Crippen molar-refractivity contribution >= 4 is 51.4 Å². The number of pyridine rings is 1. The smallest absolute Gasteiger partial charge is 0.486 e. The van der Waals surface area contributed by atoms with Gasteiger partial charge >= 0.3 is 12.1 Å². The predicted molar refractivity (Wildman–Crippen MR) is 136 cm³/mol. The van der Waals surface area contributed by atoms with Crippen LogP contribution in [0, 0.1) is 13.8 Å². The number of thiazole rings is 1. The van der Waals surface area contributed by atoms with Gasteiger partial charge in [-0.25, -0.2) is 19.4 Å². The lowest BCUT2D eigenvalue weighted by atomic mass is 9.87. The molecule has 0 radical (unpaired) electrons. The second-order valence-electron chi connectivity index (χ2n) is 8.35. The molecule has 3 heterocycles. The van der Waals surface area contributed by atoms with Crippen molar-refractivity contribution in [3.8, 4) is 5.75 Å². The van der Waals surface area contributed by atoms with Crippen LogP contribution in [0.25, 0.3) is 10.9 Å². The number of aliphatic hydroxyl groups is 1. The Labute approximate surface area is 228 Å². The minimum Gasteiger partial charge on any atom is -0.486 e. The molecule has 4 aromatic rings. The van der Waals surface area contributed by atoms with Crippen LogP contribution in [0.1, 0.15) is 40.7 Å². The molecule has 0 amide bonds. The summed E-state index contributed by atoms with van der Waals surface area (Å²) >= 11 is 14.4. The Bertz CT molecular complexity index is 1490. The predicted octanol–water partition coefficient (Wildman–Crippen LogP) is 5.45. The molecule has 204 valence electrons. The van der Waals surface area contributed by atoms with E-state index in [-0.39, 0.29) is 11.3 Å². The molecule has 15 heteroatoms. The van der Waals surface area contributed by atoms with E-state index in [0.29, 0.717) is 37.8 Å². The lowest BCUT2D eigenvalue weighted by Gasteiger charge is -2.28. The van der Waals surface area contributed by atoms with Gasteiger partial charge in [-0.05, 0) is 45.4 Å². The fourth-order valence-electron chi connectivity index (χ4n) is 3.62. The number of rotatable bonds is 5. The van der Waals surface area contributed by atoms with Crippen LogP contribution in [-0.2, 0) is 17.4 Å². The molecule has 0 spiro atoms. The second kappa shape index (κ2) is 11.0. The van der Waals surface area contributed by atoms with Gasteiger partial charge in [-0.15, -0.1) is 16.4 Å². The monoisotopic (exact) mass is 591 g/mol. The van der Waals surface area contributed by atoms with E-state index in [2.05, 4.69) is 20.3 Å². The molecule has 1 atom stereocenters. The average molecular weight is 592 g/mol. The molecule has 0 saturated carbocycles. The van der Waals surface area contributed by atoms with Gasteiger partial charge in [0.2, 0.25) is 0 Å². The van der Waals surface area contributed by atoms with Gasteiger partial charge in [-0.1, -0.05) is 34.5 Å². The highest BCUT2D eigenvalue weighted by Crippen LogP contribution is 2.44. The van der Waals surface area contributed by atoms with Crippen molar-refractivity contribution in [2.45, 2.75) is 45.6 Å². The summed E-state index contributed by atoms with van der Waals surface area (Å²) in [6, 6.07) is 5.38. The number of carbonyl (C=O) groups is 1. The first kappa shape index (κ1) is 29.6. The number of hydrogen-bond acceptors (Lipinski definition) is 8. The summed E-state index contributed by atoms with van der Waals surface area (Å²) in [5, 5.41) is 29.3. The van der Waals surface area contributed by atoms with E-state index in [1.54, 1.807) is 36.1 Å². The van der Waals surface area contributed by atoms with Crippen molar-refractivity contribution in [1.82, 2.24) is 25.0 Å². The number of fused-ring (bicyclic) bond motifs is 1. The molecule has 0 bridgehead atoms. The first-order valence-corrected chi connectivity index (χ1v) is 12.4. The zero-order valence-electron chi connectivity index (χ0n) is 20.6. The maximum absolute atomic E-state index is 12.2. The molecule has 0 aliphatic rings. The van der Waals surface area contributed by atoms with Crippen LogP contribution < -0.4 is 4.74 Å². The minimum absolute atomic E-state index is 0.127. The number of halogens is 5. The number of aromatic nitrogens is 5. The highest BCUT2D eigenvalue weighted by molar-refractivity contribution is 7.11. The first-order valence-electron chi connectivity index (χ1n) is 10.8. The number of hydrogen-bond donors (Lipinski definition) is 2. The summed E-state index contributed by atoms with van der Waals surface area (Å²) in [7, 11) is 1.74. The van der Waals surface area contributed by atoms with Crippen molar-refractivity contribution in [2.75, 3.05) is 0 Å². The summed E-state index contributed by atoms with van der Waals surface area (Å²) < 4.78 is 39.1. The summed E-state index contributed by atoms with van der Waals surface area (Å²) in [6.07, 6.45) is -3.66. The normalized spacial score (nSPS) is 13.3. The van der Waals surface area contributed by atoms with Crippen molar-refractivity contribution in [3.05, 3.63) is 61.4 Å². The molecule has 9 nitrogen and oxygen atoms in total. The number of nitrogens with zero attached hydrogens (tertiary/aromatic N) is 5. The number of carboxylic acids is 1. The van der Waals surface area contributed by atoms with E-state index < -0.39 is 17.7 Å². The highest BCUT2D eigenvalue weighted by Gasteiger charge is 2.41. The number of ether oxygens (including phenoxy) is 1. The fraction of sp³-hybridized carbons (Fsp3) is 0.348. The van der Waals surface area contributed by atoms with Gasteiger partial charge in [-0.2, -0.15) is 13.2 Å². The van der Waals surface area contributed by atoms with E-state index in [1.165, 1.54) is 11.3 Å². The highest BCUT2D eigenvalue weighted by atomic mass is 35.5. The molecule has 1 aromatic carbocycles. The first-order chi connectivity index (χ1) is 17.6. The van der Waals surface area contributed by atoms with Crippen LogP contribution in [0.4, 0.5) is 13.2 Å². The Hall–Kier alpha value is -3.00. The lowest BCUT2D eigenvalue weighted by Crippen LogP contribution is -2.31. The van der Waals surface area contributed by atoms with Crippen LogP contribution in [-0.4, -0.2) is 53.4 Å². The lowest BCUT2D eigenvalue weighted by molar-refractivity contribution is -0.192. The Morgan fingerprint density at radius 3 is 2.29 bits per heavy atom. The molecule has 0 saturated heterocycles. The fourth-order valence-corrected chi connectivity index (χ4v) is 5.22. The SMILES string of the molecule is Cc1nc(C)c(C(O)(c2ccc3nc(Cl)c(OC(C)C)c(Cl)c3c2)c2cnnn2C)s1.O=C(O)C(F)(F)F. The molecule has 4 rings (SSSR count). The van der Waals surface area contributed by atoms with E-state index in [0.717, 1.165) is 10.7 Å². The molecule has 0 aliphatic carbocycles. The van der Waals surface area contributed by atoms with E-state index in [4.69, 9.17) is 37.8 Å². The Morgan fingerprint density at radius 2 is 1.82 bits per heavy atom. The Kier molecular flexibility index (Phi) is 8.56. The molecule has 3 aromatic heterocycles. The molecule has 1 unspecified atom stereocenters. The van der Waals surface area contributed by atoms with Gasteiger partial charge in [-0.3, -0.25) is 0 Å². The minimum atomic E-state index is -5.08. The van der Waals surface area contributed by atoms with Gasteiger partial charge in [0.1, 0.15) is 5.69 Å². The number of carboxylic acid groups (broad SMARTS) is 1. The van der Waals surface area contributed by atoms with Crippen LogP contribution in [0.15, 0.2) is 24.4 Å². The van der Waals surface area contributed by atoms with Crippen molar-refractivity contribution in [2.24, 2.45) is 7.05 Å². The maximum Gasteiger partial charge on any atom is 0.490 e. The topological polar surface area (TPSA) is 123 Å². The Balaban J connectivity index is 0.000000505. The standard InChI is InChI=1S/C21H21Cl2N5O2S.C2HF3O2/c1-10(2)30-18-17(22)14-8-13(6-7-15(14)26-20(18)23)21(29,16-9-24-27-28(16)5)19-11(3)25-12(4)31-19;3-2(4,5)1(6)7/h6-10,29H,1-5H3;(H,6,7). The van der Waals surface area contributed by atoms with Gasteiger partial charge in [0.05, 0.1) is 38.4 Å². The third kappa shape index (κ3) is 5.85. The summed E-state index contributed by atoms with van der Waals surface area (Å²) in [6.45, 7) is 7.55. The van der Waals surface area contributed by atoms with Crippen LogP contribution in [0.3, 0.4) is 0 Å². The molecule has 2 N–H and O–H groups in total. The van der Waals surface area contributed by atoms with E-state index in [1.807, 2.05) is 27.7 Å². The molecule has 0 aliphatic heterocycles. The van der Waals surface area contributed by atoms with Crippen LogP contribution >= 0.6 is 34.5 Å². The van der Waals surface area contributed by atoms with Gasteiger partial charge < -0.3 is 14.9 Å². The number of aliphatic carboxylic acids is 1. The Morgan fingerprint density at radius 1 is 1.18 bits per heavy atom. The quantitative estimate of drug-likeness (QED) is 0.294. The van der Waals surface area contributed by atoms with Gasteiger partial charge in [0.15, 0.2) is 16.5 Å². The van der Waals surface area contributed by atoms with Crippen molar-refractivity contribution < 1.29 is 32.9 Å². The van der Waals surface area contributed by atoms with E-state index in [9.17, 15) is 18.3 Å². The largest absolute Gasteiger partial charge is 0.490 e. The molecule has 0 fully saturated rings. The zero-order chi connectivity index (χ0) is 28.6. The number of benzene rings is 1. The summed E-state index contributed by atoms with van der Waals surface area (Å²) in [5.41, 5.74) is 0.881. The zero-order valence-corrected chi connectivity index (χ0v) is 23.0. The summed E-state index contributed by atoms with van der Waals surface area (Å²) in [5.74, 6) is -2.44. The molecular formula is C23H22Cl2F3N5O4S. The van der Waals surface area contributed by atoms with Gasteiger partial charge in [0.25, 0.3) is 0 Å². The number of aryl methyl sites for hydroxylation is 3.